The Hall–Kier alpha value is -2.17. The first-order valence-electron chi connectivity index (χ1n) is 4.94. The third-order valence-corrected chi connectivity index (χ3v) is 2.60. The number of fused-ring (bicyclic) bond motifs is 1. The number of hydrogen-bond donors (Lipinski definition) is 1. The number of rotatable bonds is 1. The first kappa shape index (κ1) is 11.3. The molecule has 1 aromatic carbocycles. The van der Waals surface area contributed by atoms with Crippen molar-refractivity contribution in [2.24, 2.45) is 7.05 Å². The molecule has 1 N–H and O–H groups in total. The van der Waals surface area contributed by atoms with Crippen LogP contribution in [0.4, 0.5) is 4.39 Å². The molecule has 0 radical (unpaired) electrons. The second kappa shape index (κ2) is 3.69. The summed E-state index contributed by atoms with van der Waals surface area (Å²) in [6.45, 7) is 1.65. The minimum atomic E-state index is -1.31. The van der Waals surface area contributed by atoms with E-state index >= 15 is 0 Å². The van der Waals surface area contributed by atoms with Crippen molar-refractivity contribution in [2.75, 3.05) is 0 Å². The number of pyridine rings is 1. The van der Waals surface area contributed by atoms with Gasteiger partial charge in [0.25, 0.3) is 0 Å². The fourth-order valence-corrected chi connectivity index (χ4v) is 1.88. The van der Waals surface area contributed by atoms with Gasteiger partial charge >= 0.3 is 5.97 Å². The lowest BCUT2D eigenvalue weighted by Crippen LogP contribution is -2.18. The Morgan fingerprint density at radius 2 is 2.06 bits per heavy atom. The maximum absolute atomic E-state index is 13.7. The van der Waals surface area contributed by atoms with Gasteiger partial charge in [0.15, 0.2) is 0 Å². The second-order valence-electron chi connectivity index (χ2n) is 3.93. The van der Waals surface area contributed by atoms with E-state index in [1.54, 1.807) is 6.92 Å². The van der Waals surface area contributed by atoms with Gasteiger partial charge in [-0.05, 0) is 24.6 Å². The molecule has 0 atom stereocenters. The normalized spacial score (nSPS) is 10.8. The summed E-state index contributed by atoms with van der Waals surface area (Å²) in [4.78, 5) is 22.7. The number of carbonyl (C=O) groups is 1. The highest BCUT2D eigenvalue weighted by Crippen LogP contribution is 2.17. The van der Waals surface area contributed by atoms with Gasteiger partial charge < -0.3 is 9.67 Å². The molecule has 0 unspecified atom stereocenters. The Bertz CT molecular complexity index is 688. The van der Waals surface area contributed by atoms with Gasteiger partial charge in [-0.3, -0.25) is 4.79 Å². The van der Waals surface area contributed by atoms with Crippen LogP contribution in [0.5, 0.6) is 0 Å². The summed E-state index contributed by atoms with van der Waals surface area (Å²) in [5, 5.41) is 8.97. The number of aromatic carboxylic acids is 1. The van der Waals surface area contributed by atoms with Crippen molar-refractivity contribution in [3.63, 3.8) is 0 Å². The van der Waals surface area contributed by atoms with E-state index < -0.39 is 17.2 Å². The van der Waals surface area contributed by atoms with Crippen LogP contribution in [0.2, 0.25) is 0 Å². The molecule has 2 aromatic rings. The van der Waals surface area contributed by atoms with Crippen LogP contribution in [0.15, 0.2) is 23.1 Å². The molecule has 0 amide bonds. The first-order valence-corrected chi connectivity index (χ1v) is 4.94. The van der Waals surface area contributed by atoms with Crippen LogP contribution in [0.1, 0.15) is 15.9 Å². The van der Waals surface area contributed by atoms with Gasteiger partial charge in [0.2, 0.25) is 5.43 Å². The zero-order valence-electron chi connectivity index (χ0n) is 9.32. The minimum absolute atomic E-state index is 0.0879. The van der Waals surface area contributed by atoms with Crippen LogP contribution < -0.4 is 5.43 Å². The van der Waals surface area contributed by atoms with Gasteiger partial charge in [0.1, 0.15) is 11.4 Å². The highest BCUT2D eigenvalue weighted by Gasteiger charge is 2.15. The molecule has 0 aliphatic heterocycles. The zero-order valence-corrected chi connectivity index (χ0v) is 9.32. The number of benzene rings is 1. The van der Waals surface area contributed by atoms with E-state index in [0.29, 0.717) is 5.56 Å². The highest BCUT2D eigenvalue weighted by molar-refractivity contribution is 5.92. The molecule has 0 fully saturated rings. The molecule has 88 valence electrons. The Kier molecular flexibility index (Phi) is 2.46. The number of halogens is 1. The number of hydrogen-bond acceptors (Lipinski definition) is 2. The van der Waals surface area contributed by atoms with Crippen molar-refractivity contribution in [2.45, 2.75) is 6.92 Å². The lowest BCUT2D eigenvalue weighted by atomic mass is 10.1. The molecule has 1 heterocycles. The molecular weight excluding hydrogens is 225 g/mol. The van der Waals surface area contributed by atoms with Crippen LogP contribution in [-0.4, -0.2) is 15.6 Å². The lowest BCUT2D eigenvalue weighted by Gasteiger charge is -2.08. The van der Waals surface area contributed by atoms with Crippen molar-refractivity contribution in [1.82, 2.24) is 4.57 Å². The summed E-state index contributed by atoms with van der Waals surface area (Å²) in [7, 11) is 1.51. The van der Waals surface area contributed by atoms with Crippen LogP contribution in [0.3, 0.4) is 0 Å². The van der Waals surface area contributed by atoms with Gasteiger partial charge in [-0.25, -0.2) is 9.18 Å². The molecular formula is C12H10FNO3. The fraction of sp³-hybridized carbons (Fsp3) is 0.167. The van der Waals surface area contributed by atoms with Crippen molar-refractivity contribution in [1.29, 1.82) is 0 Å². The van der Waals surface area contributed by atoms with E-state index in [1.807, 2.05) is 0 Å². The Morgan fingerprint density at radius 1 is 1.41 bits per heavy atom. The summed E-state index contributed by atoms with van der Waals surface area (Å²) < 4.78 is 15.0. The van der Waals surface area contributed by atoms with Gasteiger partial charge in [-0.1, -0.05) is 0 Å². The van der Waals surface area contributed by atoms with Crippen molar-refractivity contribution in [3.05, 3.63) is 45.5 Å². The average molecular weight is 235 g/mol. The predicted molar refractivity (Wildman–Crippen MR) is 60.8 cm³/mol. The fourth-order valence-electron chi connectivity index (χ4n) is 1.88. The summed E-state index contributed by atoms with van der Waals surface area (Å²) in [5.41, 5.74) is -0.321. The minimum Gasteiger partial charge on any atom is -0.477 e. The quantitative estimate of drug-likeness (QED) is 0.818. The van der Waals surface area contributed by atoms with Crippen LogP contribution in [0.25, 0.3) is 10.9 Å². The number of carboxylic acid groups (broad SMARTS) is 1. The SMILES string of the molecule is Cc1cc(F)c2c(c1)c(=O)c(C(=O)O)cn2C. The molecule has 0 saturated carbocycles. The van der Waals surface area contributed by atoms with E-state index in [-0.39, 0.29) is 16.5 Å². The zero-order chi connectivity index (χ0) is 12.7. The Balaban J connectivity index is 3.04. The summed E-state index contributed by atoms with van der Waals surface area (Å²) in [6, 6.07) is 2.80. The topological polar surface area (TPSA) is 59.3 Å². The van der Waals surface area contributed by atoms with E-state index in [0.717, 1.165) is 6.20 Å². The summed E-state index contributed by atoms with van der Waals surface area (Å²) in [5.74, 6) is -1.84. The number of aromatic nitrogens is 1. The van der Waals surface area contributed by atoms with Gasteiger partial charge in [-0.2, -0.15) is 0 Å². The first-order chi connectivity index (χ1) is 7.91. The smallest absolute Gasteiger partial charge is 0.341 e. The van der Waals surface area contributed by atoms with Gasteiger partial charge in [-0.15, -0.1) is 0 Å². The highest BCUT2D eigenvalue weighted by atomic mass is 19.1. The van der Waals surface area contributed by atoms with E-state index in [2.05, 4.69) is 0 Å². The molecule has 0 aliphatic carbocycles. The van der Waals surface area contributed by atoms with E-state index in [1.165, 1.54) is 23.7 Å². The summed E-state index contributed by atoms with van der Waals surface area (Å²) in [6.07, 6.45) is 1.13. The van der Waals surface area contributed by atoms with Gasteiger partial charge in [0, 0.05) is 18.6 Å². The molecule has 0 bridgehead atoms. The molecule has 0 spiro atoms. The summed E-state index contributed by atoms with van der Waals surface area (Å²) >= 11 is 0. The second-order valence-corrected chi connectivity index (χ2v) is 3.93. The molecule has 17 heavy (non-hydrogen) atoms. The third kappa shape index (κ3) is 1.69. The van der Waals surface area contributed by atoms with Gasteiger partial charge in [0.05, 0.1) is 5.52 Å². The lowest BCUT2D eigenvalue weighted by molar-refractivity contribution is 0.0695. The van der Waals surface area contributed by atoms with E-state index in [4.69, 9.17) is 5.11 Å². The molecule has 5 heteroatoms. The molecule has 2 rings (SSSR count). The molecule has 0 aliphatic rings. The monoisotopic (exact) mass is 235 g/mol. The van der Waals surface area contributed by atoms with E-state index in [9.17, 15) is 14.0 Å². The number of aryl methyl sites for hydroxylation is 2. The van der Waals surface area contributed by atoms with Crippen LogP contribution in [0, 0.1) is 12.7 Å². The van der Waals surface area contributed by atoms with Crippen molar-refractivity contribution < 1.29 is 14.3 Å². The standard InChI is InChI=1S/C12H10FNO3/c1-6-3-7-10(9(13)4-6)14(2)5-8(11(7)15)12(16)17/h3-5H,1-2H3,(H,16,17). The van der Waals surface area contributed by atoms with Crippen LogP contribution in [-0.2, 0) is 7.05 Å². The Labute approximate surface area is 95.9 Å². The Morgan fingerprint density at radius 3 is 2.65 bits per heavy atom. The predicted octanol–water partition coefficient (Wildman–Crippen LogP) is 1.68. The average Bonchev–Trinajstić information content (AvgIpc) is 2.21. The maximum Gasteiger partial charge on any atom is 0.341 e. The number of carboxylic acids is 1. The molecule has 0 saturated heterocycles. The molecule has 4 nitrogen and oxygen atoms in total. The third-order valence-electron chi connectivity index (χ3n) is 2.60. The van der Waals surface area contributed by atoms with Crippen molar-refractivity contribution in [3.8, 4) is 0 Å². The van der Waals surface area contributed by atoms with Crippen LogP contribution >= 0.6 is 0 Å². The largest absolute Gasteiger partial charge is 0.477 e. The number of nitrogens with zero attached hydrogens (tertiary/aromatic N) is 1. The maximum atomic E-state index is 13.7. The van der Waals surface area contributed by atoms with Crippen molar-refractivity contribution >= 4 is 16.9 Å². The molecule has 1 aromatic heterocycles.